The Morgan fingerprint density at radius 3 is 3.00 bits per heavy atom. The van der Waals surface area contributed by atoms with Crippen molar-refractivity contribution in [1.29, 1.82) is 0 Å². The van der Waals surface area contributed by atoms with Crippen molar-refractivity contribution in [3.05, 3.63) is 23.8 Å². The van der Waals surface area contributed by atoms with Gasteiger partial charge in [-0.15, -0.1) is 0 Å². The Hall–Kier alpha value is -0.870. The molecule has 0 amide bonds. The molecule has 2 unspecified atom stereocenters. The topological polar surface area (TPSA) is 30.5 Å². The van der Waals surface area contributed by atoms with Crippen molar-refractivity contribution in [1.82, 2.24) is 5.32 Å². The molecule has 0 radical (unpaired) electrons. The third-order valence-electron chi connectivity index (χ3n) is 3.67. The van der Waals surface area contributed by atoms with Crippen LogP contribution in [0.15, 0.2) is 18.2 Å². The summed E-state index contributed by atoms with van der Waals surface area (Å²) in [7, 11) is 1.71. The minimum absolute atomic E-state index is 0.317. The second kappa shape index (κ2) is 7.79. The highest BCUT2D eigenvalue weighted by molar-refractivity contribution is 7.98. The lowest BCUT2D eigenvalue weighted by Crippen LogP contribution is -2.33. The number of hydrogen-bond acceptors (Lipinski definition) is 4. The van der Waals surface area contributed by atoms with Crippen LogP contribution < -0.4 is 14.8 Å². The van der Waals surface area contributed by atoms with E-state index in [0.717, 1.165) is 43.1 Å². The third kappa shape index (κ3) is 3.83. The van der Waals surface area contributed by atoms with Crippen LogP contribution in [-0.2, 0) is 0 Å². The van der Waals surface area contributed by atoms with Crippen LogP contribution >= 0.6 is 11.8 Å². The smallest absolute Gasteiger partial charge is 0.124 e. The molecular weight excluding hydrogens is 270 g/mol. The summed E-state index contributed by atoms with van der Waals surface area (Å²) in [6.45, 7) is 3.24. The normalized spacial score (nSPS) is 21.1. The maximum atomic E-state index is 6.13. The zero-order valence-corrected chi connectivity index (χ0v) is 13.5. The molecule has 1 N–H and O–H groups in total. The molecule has 1 aromatic rings. The minimum atomic E-state index is 0.317. The molecule has 2 rings (SSSR count). The lowest BCUT2D eigenvalue weighted by atomic mass is 9.95. The van der Waals surface area contributed by atoms with Gasteiger partial charge in [0.2, 0.25) is 0 Å². The molecule has 4 heteroatoms. The Balaban J connectivity index is 2.16. The van der Waals surface area contributed by atoms with E-state index >= 15 is 0 Å². The maximum absolute atomic E-state index is 6.13. The summed E-state index contributed by atoms with van der Waals surface area (Å²) in [5.74, 6) is 3.06. The predicted octanol–water partition coefficient (Wildman–Crippen LogP) is 3.64. The van der Waals surface area contributed by atoms with Crippen LogP contribution in [0, 0.1) is 0 Å². The van der Waals surface area contributed by atoms with Crippen LogP contribution in [0.1, 0.15) is 37.8 Å². The molecule has 112 valence electrons. The van der Waals surface area contributed by atoms with Crippen molar-refractivity contribution in [3.63, 3.8) is 0 Å². The van der Waals surface area contributed by atoms with Crippen LogP contribution in [0.4, 0.5) is 0 Å². The molecule has 1 heterocycles. The van der Waals surface area contributed by atoms with Gasteiger partial charge >= 0.3 is 0 Å². The van der Waals surface area contributed by atoms with Crippen LogP contribution in [0.25, 0.3) is 0 Å². The molecule has 1 aromatic carbocycles. The Labute approximate surface area is 126 Å². The van der Waals surface area contributed by atoms with Crippen LogP contribution in [0.3, 0.4) is 0 Å². The average Bonchev–Trinajstić information content (AvgIpc) is 2.50. The highest BCUT2D eigenvalue weighted by atomic mass is 32.2. The van der Waals surface area contributed by atoms with Gasteiger partial charge in [-0.2, -0.15) is 11.8 Å². The molecule has 1 aliphatic rings. The Morgan fingerprint density at radius 2 is 2.30 bits per heavy atom. The summed E-state index contributed by atoms with van der Waals surface area (Å²) in [6, 6.07) is 6.50. The average molecular weight is 295 g/mol. The molecule has 0 bridgehead atoms. The number of benzene rings is 1. The molecule has 0 aromatic heterocycles. The number of thioether (sulfide) groups is 1. The first-order valence-electron chi connectivity index (χ1n) is 7.35. The fourth-order valence-electron chi connectivity index (χ4n) is 2.59. The quantitative estimate of drug-likeness (QED) is 0.832. The van der Waals surface area contributed by atoms with Gasteiger partial charge in [-0.25, -0.2) is 0 Å². The maximum Gasteiger partial charge on any atom is 0.124 e. The van der Waals surface area contributed by atoms with Gasteiger partial charge in [0.15, 0.2) is 0 Å². The standard InChI is InChI=1S/C16H25NO2S/c1-4-8-17-15-11-13(7-9-20-3)19-16-6-5-12(18-2)10-14(15)16/h5-6,10,13,15,17H,4,7-9,11H2,1-3H3. The van der Waals surface area contributed by atoms with Gasteiger partial charge < -0.3 is 14.8 Å². The van der Waals surface area contributed by atoms with Gasteiger partial charge in [-0.1, -0.05) is 6.92 Å². The number of methoxy groups -OCH3 is 1. The molecule has 1 aliphatic heterocycles. The van der Waals surface area contributed by atoms with Crippen molar-refractivity contribution >= 4 is 11.8 Å². The molecule has 0 fully saturated rings. The SMILES string of the molecule is CCCNC1CC(CCSC)Oc2ccc(OC)cc21. The van der Waals surface area contributed by atoms with E-state index < -0.39 is 0 Å². The summed E-state index contributed by atoms with van der Waals surface area (Å²) in [5.41, 5.74) is 1.23. The van der Waals surface area contributed by atoms with Crippen LogP contribution in [0.5, 0.6) is 11.5 Å². The highest BCUT2D eigenvalue weighted by Crippen LogP contribution is 2.38. The number of rotatable bonds is 7. The molecule has 2 atom stereocenters. The first-order valence-corrected chi connectivity index (χ1v) is 8.74. The summed E-state index contributed by atoms with van der Waals surface area (Å²) in [5, 5.41) is 3.64. The molecule has 20 heavy (non-hydrogen) atoms. The van der Waals surface area contributed by atoms with Crippen molar-refractivity contribution in [3.8, 4) is 11.5 Å². The molecule has 0 saturated carbocycles. The largest absolute Gasteiger partial charge is 0.497 e. The zero-order chi connectivity index (χ0) is 14.4. The lowest BCUT2D eigenvalue weighted by molar-refractivity contribution is 0.146. The van der Waals surface area contributed by atoms with E-state index in [4.69, 9.17) is 9.47 Å². The fourth-order valence-corrected chi connectivity index (χ4v) is 3.09. The molecule has 0 spiro atoms. The summed E-state index contributed by atoms with van der Waals surface area (Å²) >= 11 is 1.88. The molecule has 0 saturated heterocycles. The summed E-state index contributed by atoms with van der Waals surface area (Å²) < 4.78 is 11.5. The van der Waals surface area contributed by atoms with Gasteiger partial charge in [0.25, 0.3) is 0 Å². The summed E-state index contributed by atoms with van der Waals surface area (Å²) in [6.07, 6.45) is 5.76. The van der Waals surface area contributed by atoms with Crippen molar-refractivity contribution in [2.45, 2.75) is 38.3 Å². The molecular formula is C16H25NO2S. The third-order valence-corrected chi connectivity index (χ3v) is 4.31. The number of fused-ring (bicyclic) bond motifs is 1. The number of nitrogens with one attached hydrogen (secondary N) is 1. The predicted molar refractivity (Wildman–Crippen MR) is 86.1 cm³/mol. The monoisotopic (exact) mass is 295 g/mol. The number of hydrogen-bond donors (Lipinski definition) is 1. The lowest BCUT2D eigenvalue weighted by Gasteiger charge is -2.33. The van der Waals surface area contributed by atoms with Crippen molar-refractivity contribution < 1.29 is 9.47 Å². The van der Waals surface area contributed by atoms with E-state index in [1.54, 1.807) is 7.11 Å². The van der Waals surface area contributed by atoms with Gasteiger partial charge in [0, 0.05) is 18.0 Å². The van der Waals surface area contributed by atoms with Gasteiger partial charge in [0.05, 0.1) is 7.11 Å². The second-order valence-electron chi connectivity index (χ2n) is 5.17. The van der Waals surface area contributed by atoms with Gasteiger partial charge in [-0.3, -0.25) is 0 Å². The summed E-state index contributed by atoms with van der Waals surface area (Å²) in [4.78, 5) is 0. The van der Waals surface area contributed by atoms with Crippen molar-refractivity contribution in [2.24, 2.45) is 0 Å². The van der Waals surface area contributed by atoms with Gasteiger partial charge in [0.1, 0.15) is 17.6 Å². The Morgan fingerprint density at radius 1 is 1.45 bits per heavy atom. The minimum Gasteiger partial charge on any atom is -0.497 e. The van der Waals surface area contributed by atoms with E-state index in [9.17, 15) is 0 Å². The highest BCUT2D eigenvalue weighted by Gasteiger charge is 2.28. The van der Waals surface area contributed by atoms with E-state index in [1.165, 1.54) is 5.56 Å². The fraction of sp³-hybridized carbons (Fsp3) is 0.625. The van der Waals surface area contributed by atoms with Crippen molar-refractivity contribution in [2.75, 3.05) is 25.7 Å². The second-order valence-corrected chi connectivity index (χ2v) is 6.15. The zero-order valence-electron chi connectivity index (χ0n) is 12.6. The molecule has 0 aliphatic carbocycles. The first-order chi connectivity index (χ1) is 9.78. The van der Waals surface area contributed by atoms with E-state index in [0.29, 0.717) is 12.1 Å². The Bertz CT molecular complexity index is 425. The van der Waals surface area contributed by atoms with Crippen LogP contribution in [-0.4, -0.2) is 31.8 Å². The number of ether oxygens (including phenoxy) is 2. The van der Waals surface area contributed by atoms with E-state index in [-0.39, 0.29) is 0 Å². The van der Waals surface area contributed by atoms with E-state index in [1.807, 2.05) is 23.9 Å². The van der Waals surface area contributed by atoms with Gasteiger partial charge in [-0.05, 0) is 49.6 Å². The van der Waals surface area contributed by atoms with Crippen LogP contribution in [0.2, 0.25) is 0 Å². The first kappa shape index (κ1) is 15.5. The van der Waals surface area contributed by atoms with E-state index in [2.05, 4.69) is 24.6 Å². The Kier molecular flexibility index (Phi) is 6.05. The molecule has 3 nitrogen and oxygen atoms in total.